The van der Waals surface area contributed by atoms with Gasteiger partial charge in [-0.1, -0.05) is 18.2 Å². The molecule has 0 fully saturated rings. The smallest absolute Gasteiger partial charge is 0.282 e. The van der Waals surface area contributed by atoms with Crippen molar-refractivity contribution in [1.82, 2.24) is 0 Å². The van der Waals surface area contributed by atoms with Crippen molar-refractivity contribution < 1.29 is 15.1 Å². The van der Waals surface area contributed by atoms with E-state index in [0.29, 0.717) is 0 Å². The average molecular weight is 273 g/mol. The largest absolute Gasteiger partial charge is 0.504 e. The molecule has 102 valence electrons. The van der Waals surface area contributed by atoms with Crippen LogP contribution in [0.5, 0.6) is 11.5 Å². The zero-order valence-electron chi connectivity index (χ0n) is 10.2. The molecule has 0 saturated heterocycles. The Bertz CT molecular complexity index is 656. The van der Waals surface area contributed by atoms with Gasteiger partial charge in [-0.15, -0.1) is 0 Å². The topological polar surface area (TPSA) is 108 Å². The maximum absolute atomic E-state index is 10.8. The predicted octanol–water partition coefficient (Wildman–Crippen LogP) is 2.45. The third kappa shape index (κ3) is 3.02. The number of nitro benzene ring substituents is 1. The molecule has 0 unspecified atom stereocenters. The standard InChI is InChI=1S/C13H11N3O4/c17-12-6-9(11(16(19)20)7-13(12)18)8-14-15-10-4-2-1-3-5-10/h1-8,15,17-18H. The van der Waals surface area contributed by atoms with E-state index in [1.54, 1.807) is 12.1 Å². The summed E-state index contributed by atoms with van der Waals surface area (Å²) >= 11 is 0. The third-order valence-corrected chi connectivity index (χ3v) is 2.49. The summed E-state index contributed by atoms with van der Waals surface area (Å²) in [4.78, 5) is 10.2. The van der Waals surface area contributed by atoms with Crippen LogP contribution >= 0.6 is 0 Å². The molecule has 0 aromatic heterocycles. The predicted molar refractivity (Wildman–Crippen MR) is 74.1 cm³/mol. The molecule has 0 aliphatic carbocycles. The number of hydrogen-bond acceptors (Lipinski definition) is 6. The van der Waals surface area contributed by atoms with E-state index in [1.807, 2.05) is 18.2 Å². The molecule has 0 atom stereocenters. The lowest BCUT2D eigenvalue weighted by molar-refractivity contribution is -0.385. The molecule has 0 aliphatic rings. The summed E-state index contributed by atoms with van der Waals surface area (Å²) < 4.78 is 0. The molecule has 0 aliphatic heterocycles. The van der Waals surface area contributed by atoms with E-state index in [0.717, 1.165) is 17.8 Å². The molecule has 0 heterocycles. The number of nitrogens with zero attached hydrogens (tertiary/aromatic N) is 2. The normalized spacial score (nSPS) is 10.6. The number of anilines is 1. The van der Waals surface area contributed by atoms with Gasteiger partial charge in [0.05, 0.1) is 28.5 Å². The minimum Gasteiger partial charge on any atom is -0.504 e. The number of benzene rings is 2. The first-order valence-corrected chi connectivity index (χ1v) is 5.62. The van der Waals surface area contributed by atoms with Gasteiger partial charge < -0.3 is 10.2 Å². The van der Waals surface area contributed by atoms with Crippen LogP contribution in [-0.2, 0) is 0 Å². The first-order chi connectivity index (χ1) is 9.58. The first-order valence-electron chi connectivity index (χ1n) is 5.62. The van der Waals surface area contributed by atoms with Crippen molar-refractivity contribution in [3.05, 3.63) is 58.1 Å². The highest BCUT2D eigenvalue weighted by Gasteiger charge is 2.16. The van der Waals surface area contributed by atoms with Crippen LogP contribution in [0.15, 0.2) is 47.6 Å². The molecule has 0 saturated carbocycles. The number of para-hydroxylation sites is 1. The van der Waals surface area contributed by atoms with Crippen molar-refractivity contribution in [2.24, 2.45) is 5.10 Å². The third-order valence-electron chi connectivity index (χ3n) is 2.49. The van der Waals surface area contributed by atoms with Crippen LogP contribution < -0.4 is 5.43 Å². The summed E-state index contributed by atoms with van der Waals surface area (Å²) in [5.41, 5.74) is 3.14. The highest BCUT2D eigenvalue weighted by atomic mass is 16.6. The maximum Gasteiger partial charge on any atom is 0.282 e. The second-order valence-electron chi connectivity index (χ2n) is 3.89. The Morgan fingerprint density at radius 1 is 1.15 bits per heavy atom. The van der Waals surface area contributed by atoms with Gasteiger partial charge in [0, 0.05) is 0 Å². The lowest BCUT2D eigenvalue weighted by atomic mass is 10.1. The molecule has 0 bridgehead atoms. The number of nitro groups is 1. The van der Waals surface area contributed by atoms with Gasteiger partial charge >= 0.3 is 0 Å². The minimum atomic E-state index is -0.664. The zero-order chi connectivity index (χ0) is 14.5. The van der Waals surface area contributed by atoms with Crippen molar-refractivity contribution in [1.29, 1.82) is 0 Å². The van der Waals surface area contributed by atoms with Crippen LogP contribution in [0.4, 0.5) is 11.4 Å². The lowest BCUT2D eigenvalue weighted by Crippen LogP contribution is -1.96. The van der Waals surface area contributed by atoms with Crippen LogP contribution in [0.2, 0.25) is 0 Å². The fraction of sp³-hybridized carbons (Fsp3) is 0. The molecule has 2 aromatic rings. The molecular weight excluding hydrogens is 262 g/mol. The van der Waals surface area contributed by atoms with Crippen LogP contribution in [0.25, 0.3) is 0 Å². The molecule has 0 radical (unpaired) electrons. The van der Waals surface area contributed by atoms with Crippen molar-refractivity contribution in [3.63, 3.8) is 0 Å². The summed E-state index contributed by atoms with van der Waals surface area (Å²) in [6.45, 7) is 0. The van der Waals surface area contributed by atoms with Crippen molar-refractivity contribution in [3.8, 4) is 11.5 Å². The SMILES string of the molecule is O=[N+]([O-])c1cc(O)c(O)cc1C=NNc1ccccc1. The molecular formula is C13H11N3O4. The van der Waals surface area contributed by atoms with Crippen molar-refractivity contribution in [2.45, 2.75) is 0 Å². The van der Waals surface area contributed by atoms with Gasteiger partial charge in [-0.25, -0.2) is 0 Å². The quantitative estimate of drug-likeness (QED) is 0.343. The number of aromatic hydroxyl groups is 2. The second-order valence-corrected chi connectivity index (χ2v) is 3.89. The monoisotopic (exact) mass is 273 g/mol. The van der Waals surface area contributed by atoms with Gasteiger partial charge in [0.2, 0.25) is 0 Å². The summed E-state index contributed by atoms with van der Waals surface area (Å²) in [7, 11) is 0. The Kier molecular flexibility index (Phi) is 3.80. The molecule has 2 rings (SSSR count). The van der Waals surface area contributed by atoms with E-state index in [4.69, 9.17) is 0 Å². The molecule has 2 aromatic carbocycles. The average Bonchev–Trinajstić information content (AvgIpc) is 2.43. The minimum absolute atomic E-state index is 0.0775. The van der Waals surface area contributed by atoms with Crippen LogP contribution in [0.1, 0.15) is 5.56 Å². The first kappa shape index (κ1) is 13.3. The van der Waals surface area contributed by atoms with E-state index in [9.17, 15) is 20.3 Å². The van der Waals surface area contributed by atoms with Crippen molar-refractivity contribution >= 4 is 17.6 Å². The summed E-state index contributed by atoms with van der Waals surface area (Å²) in [6, 6.07) is 11.0. The van der Waals surface area contributed by atoms with Gasteiger partial charge in [0.1, 0.15) is 0 Å². The fourth-order valence-electron chi connectivity index (χ4n) is 1.53. The summed E-state index contributed by atoms with van der Waals surface area (Å²) in [5.74, 6) is -0.998. The number of hydrazone groups is 1. The van der Waals surface area contributed by atoms with Gasteiger partial charge in [0.15, 0.2) is 11.5 Å². The van der Waals surface area contributed by atoms with Gasteiger partial charge in [-0.2, -0.15) is 5.10 Å². The molecule has 7 nitrogen and oxygen atoms in total. The number of rotatable bonds is 4. The van der Waals surface area contributed by atoms with Gasteiger partial charge in [0.25, 0.3) is 5.69 Å². The second kappa shape index (κ2) is 5.70. The Labute approximate surface area is 114 Å². The van der Waals surface area contributed by atoms with E-state index in [2.05, 4.69) is 10.5 Å². The van der Waals surface area contributed by atoms with Crippen LogP contribution in [0.3, 0.4) is 0 Å². The maximum atomic E-state index is 10.8. The molecule has 0 spiro atoms. The van der Waals surface area contributed by atoms with Gasteiger partial charge in [-0.3, -0.25) is 15.5 Å². The molecule has 20 heavy (non-hydrogen) atoms. The molecule has 3 N–H and O–H groups in total. The summed E-state index contributed by atoms with van der Waals surface area (Å²) in [6.07, 6.45) is 1.20. The Hall–Kier alpha value is -3.09. The summed E-state index contributed by atoms with van der Waals surface area (Å²) in [5, 5.41) is 33.3. The van der Waals surface area contributed by atoms with Gasteiger partial charge in [-0.05, 0) is 18.2 Å². The lowest BCUT2D eigenvalue weighted by Gasteiger charge is -2.02. The highest BCUT2D eigenvalue weighted by molar-refractivity contribution is 5.87. The Morgan fingerprint density at radius 3 is 2.45 bits per heavy atom. The highest BCUT2D eigenvalue weighted by Crippen LogP contribution is 2.31. The van der Waals surface area contributed by atoms with E-state index in [1.165, 1.54) is 6.21 Å². The van der Waals surface area contributed by atoms with Crippen molar-refractivity contribution in [2.75, 3.05) is 5.43 Å². The van der Waals surface area contributed by atoms with E-state index < -0.39 is 16.4 Å². The fourth-order valence-corrected chi connectivity index (χ4v) is 1.53. The number of hydrogen-bond donors (Lipinski definition) is 3. The van der Waals surface area contributed by atoms with Crippen LogP contribution in [0, 0.1) is 10.1 Å². The van der Waals surface area contributed by atoms with E-state index >= 15 is 0 Å². The molecule has 0 amide bonds. The Balaban J connectivity index is 2.24. The van der Waals surface area contributed by atoms with E-state index in [-0.39, 0.29) is 11.3 Å². The Morgan fingerprint density at radius 2 is 1.80 bits per heavy atom. The zero-order valence-corrected chi connectivity index (χ0v) is 10.2. The van der Waals surface area contributed by atoms with Crippen LogP contribution in [-0.4, -0.2) is 21.4 Å². The number of nitrogens with one attached hydrogen (secondary N) is 1. The number of phenolic OH excluding ortho intramolecular Hbond substituents is 2. The number of phenols is 2. The molecule has 7 heteroatoms.